The number of nitrogens with one attached hydrogen (secondary N) is 1. The Labute approximate surface area is 185 Å². The van der Waals surface area contributed by atoms with Crippen LogP contribution in [0.15, 0.2) is 39.8 Å². The Morgan fingerprint density at radius 2 is 1.91 bits per heavy atom. The van der Waals surface area contributed by atoms with Gasteiger partial charge in [0.25, 0.3) is 5.56 Å². The molecule has 2 aliphatic rings. The van der Waals surface area contributed by atoms with Crippen LogP contribution in [0.1, 0.15) is 44.9 Å². The number of benzene rings is 1. The Kier molecular flexibility index (Phi) is 5.68. The monoisotopic (exact) mass is 436 g/mol. The average molecular weight is 437 g/mol. The lowest BCUT2D eigenvalue weighted by atomic mass is 9.93. The molecule has 0 radical (unpaired) electrons. The molecule has 0 spiro atoms. The van der Waals surface area contributed by atoms with Crippen molar-refractivity contribution in [3.05, 3.63) is 40.9 Å². The topological polar surface area (TPSA) is 97.4 Å². The predicted molar refractivity (Wildman–Crippen MR) is 120 cm³/mol. The Morgan fingerprint density at radius 3 is 2.75 bits per heavy atom. The maximum atomic E-state index is 13.0. The van der Waals surface area contributed by atoms with Crippen LogP contribution >= 0.6 is 0 Å². The van der Waals surface area contributed by atoms with E-state index in [-0.39, 0.29) is 41.5 Å². The fraction of sp³-hybridized carbons (Fsp3) is 0.500. The molecule has 1 unspecified atom stereocenters. The highest BCUT2D eigenvalue weighted by Crippen LogP contribution is 2.24. The molecular formula is C24H28N4O4. The lowest BCUT2D eigenvalue weighted by Gasteiger charge is -2.33. The van der Waals surface area contributed by atoms with Gasteiger partial charge in [-0.1, -0.05) is 31.4 Å². The molecule has 2 aromatic heterocycles. The average Bonchev–Trinajstić information content (AvgIpc) is 3.21. The minimum Gasteiger partial charge on any atom is -0.448 e. The van der Waals surface area contributed by atoms with Crippen molar-refractivity contribution in [2.75, 3.05) is 13.1 Å². The quantitative estimate of drug-likeness (QED) is 0.678. The normalized spacial score (nSPS) is 20.0. The molecule has 1 aromatic carbocycles. The standard InChI is InChI=1S/C24H28N4O4/c29-20(27-12-6-7-16(13-27)23(30)26-17-8-2-1-3-9-17)14-28-15-25-21-18-10-4-5-11-19(18)32-22(21)24(28)31/h4-5,10-11,15-17H,1-3,6-9,12-14H2,(H,26,30). The van der Waals surface area contributed by atoms with Crippen LogP contribution in [0.5, 0.6) is 0 Å². The Hall–Kier alpha value is -3.16. The molecule has 1 aliphatic carbocycles. The molecule has 0 bridgehead atoms. The third-order valence-electron chi connectivity index (χ3n) is 6.75. The first-order chi connectivity index (χ1) is 15.6. The summed E-state index contributed by atoms with van der Waals surface area (Å²) in [5.41, 5.74) is 0.888. The SMILES string of the molecule is O=C(NC1CCCCC1)C1CCCN(C(=O)Cn2cnc3c(oc4ccccc43)c2=O)C1. The maximum absolute atomic E-state index is 13.0. The number of amides is 2. The number of piperidine rings is 1. The summed E-state index contributed by atoms with van der Waals surface area (Å²) in [5.74, 6) is -0.321. The molecule has 2 amide bonds. The molecule has 2 fully saturated rings. The molecule has 168 valence electrons. The molecule has 32 heavy (non-hydrogen) atoms. The molecule has 8 heteroatoms. The third kappa shape index (κ3) is 4.01. The highest BCUT2D eigenvalue weighted by atomic mass is 16.3. The first-order valence-corrected chi connectivity index (χ1v) is 11.5. The summed E-state index contributed by atoms with van der Waals surface area (Å²) >= 11 is 0. The van der Waals surface area contributed by atoms with E-state index in [9.17, 15) is 14.4 Å². The summed E-state index contributed by atoms with van der Waals surface area (Å²) in [4.78, 5) is 44.7. The fourth-order valence-electron chi connectivity index (χ4n) is 4.96. The molecule has 3 aromatic rings. The van der Waals surface area contributed by atoms with Gasteiger partial charge in [-0.2, -0.15) is 0 Å². The summed E-state index contributed by atoms with van der Waals surface area (Å²) < 4.78 is 6.99. The van der Waals surface area contributed by atoms with Crippen LogP contribution in [0.3, 0.4) is 0 Å². The van der Waals surface area contributed by atoms with Gasteiger partial charge >= 0.3 is 0 Å². The highest BCUT2D eigenvalue weighted by Gasteiger charge is 2.30. The Bertz CT molecular complexity index is 1210. The molecule has 8 nitrogen and oxygen atoms in total. The largest absolute Gasteiger partial charge is 0.448 e. The number of rotatable bonds is 4. The number of likely N-dealkylation sites (tertiary alicyclic amines) is 1. The summed E-state index contributed by atoms with van der Waals surface area (Å²) in [5, 5.41) is 3.96. The van der Waals surface area contributed by atoms with Gasteiger partial charge < -0.3 is 14.6 Å². The van der Waals surface area contributed by atoms with Crippen molar-refractivity contribution in [2.24, 2.45) is 5.92 Å². The molecule has 1 atom stereocenters. The first-order valence-electron chi connectivity index (χ1n) is 11.5. The minimum absolute atomic E-state index is 0.0527. The van der Waals surface area contributed by atoms with Crippen molar-refractivity contribution in [3.8, 4) is 0 Å². The summed E-state index contributed by atoms with van der Waals surface area (Å²) in [6.45, 7) is 0.878. The second-order valence-electron chi connectivity index (χ2n) is 8.98. The number of fused-ring (bicyclic) bond motifs is 3. The Morgan fingerprint density at radius 1 is 1.09 bits per heavy atom. The van der Waals surface area contributed by atoms with Crippen molar-refractivity contribution in [2.45, 2.75) is 57.5 Å². The van der Waals surface area contributed by atoms with E-state index >= 15 is 0 Å². The van der Waals surface area contributed by atoms with Gasteiger partial charge in [0.2, 0.25) is 17.4 Å². The van der Waals surface area contributed by atoms with Crippen molar-refractivity contribution in [1.29, 1.82) is 0 Å². The number of hydrogen-bond acceptors (Lipinski definition) is 5. The van der Waals surface area contributed by atoms with Crippen LogP contribution in [-0.2, 0) is 16.1 Å². The maximum Gasteiger partial charge on any atom is 0.297 e. The summed E-state index contributed by atoms with van der Waals surface area (Å²) in [6.07, 6.45) is 8.63. The van der Waals surface area contributed by atoms with E-state index in [2.05, 4.69) is 10.3 Å². The first kappa shape index (κ1) is 20.7. The smallest absolute Gasteiger partial charge is 0.297 e. The zero-order chi connectivity index (χ0) is 22.1. The second-order valence-corrected chi connectivity index (χ2v) is 8.98. The van der Waals surface area contributed by atoms with E-state index in [0.29, 0.717) is 24.2 Å². The lowest BCUT2D eigenvalue weighted by Crippen LogP contribution is -2.48. The van der Waals surface area contributed by atoms with Gasteiger partial charge in [0.1, 0.15) is 17.6 Å². The van der Waals surface area contributed by atoms with Gasteiger partial charge in [-0.05, 0) is 37.8 Å². The summed E-state index contributed by atoms with van der Waals surface area (Å²) in [6, 6.07) is 7.62. The second kappa shape index (κ2) is 8.76. The number of aromatic nitrogens is 2. The number of hydrogen-bond donors (Lipinski definition) is 1. The van der Waals surface area contributed by atoms with Gasteiger partial charge in [-0.3, -0.25) is 19.0 Å². The van der Waals surface area contributed by atoms with Crippen molar-refractivity contribution < 1.29 is 14.0 Å². The van der Waals surface area contributed by atoms with Crippen LogP contribution in [0.25, 0.3) is 22.1 Å². The van der Waals surface area contributed by atoms with Crippen molar-refractivity contribution in [3.63, 3.8) is 0 Å². The van der Waals surface area contributed by atoms with Crippen LogP contribution in [0, 0.1) is 5.92 Å². The van der Waals surface area contributed by atoms with Crippen LogP contribution in [0.2, 0.25) is 0 Å². The highest BCUT2D eigenvalue weighted by molar-refractivity contribution is 6.01. The van der Waals surface area contributed by atoms with E-state index in [4.69, 9.17) is 4.42 Å². The molecule has 3 heterocycles. The summed E-state index contributed by atoms with van der Waals surface area (Å²) in [7, 11) is 0. The van der Waals surface area contributed by atoms with Gasteiger partial charge in [0, 0.05) is 24.5 Å². The molecule has 5 rings (SSSR count). The lowest BCUT2D eigenvalue weighted by molar-refractivity contribution is -0.136. The van der Waals surface area contributed by atoms with Gasteiger partial charge in [-0.15, -0.1) is 0 Å². The van der Waals surface area contributed by atoms with Crippen molar-refractivity contribution in [1.82, 2.24) is 19.8 Å². The molecule has 1 aliphatic heterocycles. The number of carbonyl (C=O) groups excluding carboxylic acids is 2. The fourth-order valence-corrected chi connectivity index (χ4v) is 4.96. The van der Waals surface area contributed by atoms with E-state index in [1.807, 2.05) is 18.2 Å². The molecular weight excluding hydrogens is 408 g/mol. The van der Waals surface area contributed by atoms with Gasteiger partial charge in [0.05, 0.1) is 12.2 Å². The molecule has 1 N–H and O–H groups in total. The Balaban J connectivity index is 1.27. The van der Waals surface area contributed by atoms with Crippen LogP contribution in [-0.4, -0.2) is 45.4 Å². The van der Waals surface area contributed by atoms with E-state index < -0.39 is 0 Å². The number of carbonyl (C=O) groups is 2. The van der Waals surface area contributed by atoms with Crippen molar-refractivity contribution >= 4 is 33.9 Å². The van der Waals surface area contributed by atoms with Crippen LogP contribution in [0.4, 0.5) is 0 Å². The third-order valence-corrected chi connectivity index (χ3v) is 6.75. The van der Waals surface area contributed by atoms with Gasteiger partial charge in [0.15, 0.2) is 0 Å². The predicted octanol–water partition coefficient (Wildman–Crippen LogP) is 2.83. The van der Waals surface area contributed by atoms with E-state index in [1.165, 1.54) is 30.2 Å². The number of para-hydroxylation sites is 1. The van der Waals surface area contributed by atoms with E-state index in [1.54, 1.807) is 11.0 Å². The van der Waals surface area contributed by atoms with E-state index in [0.717, 1.165) is 31.1 Å². The molecule has 1 saturated heterocycles. The number of nitrogens with zero attached hydrogens (tertiary/aromatic N) is 3. The number of furan rings is 1. The van der Waals surface area contributed by atoms with Gasteiger partial charge in [-0.25, -0.2) is 4.98 Å². The zero-order valence-corrected chi connectivity index (χ0v) is 18.1. The molecule has 1 saturated carbocycles. The minimum atomic E-state index is -0.372. The van der Waals surface area contributed by atoms with Crippen LogP contribution < -0.4 is 10.9 Å². The zero-order valence-electron chi connectivity index (χ0n) is 18.1.